The van der Waals surface area contributed by atoms with Crippen LogP contribution in [0.15, 0.2) is 24.3 Å². The molecule has 134 valence electrons. The van der Waals surface area contributed by atoms with Crippen LogP contribution in [0, 0.1) is 11.3 Å². The fourth-order valence-corrected chi connectivity index (χ4v) is 2.67. The summed E-state index contributed by atoms with van der Waals surface area (Å²) in [7, 11) is 0. The summed E-state index contributed by atoms with van der Waals surface area (Å²) in [5.74, 6) is 0.0889. The molecule has 1 saturated carbocycles. The van der Waals surface area contributed by atoms with Crippen LogP contribution in [0.2, 0.25) is 0 Å². The van der Waals surface area contributed by atoms with Gasteiger partial charge in [0.1, 0.15) is 17.0 Å². The molecular formula is C18H22N2O5. The van der Waals surface area contributed by atoms with Crippen molar-refractivity contribution in [3.63, 3.8) is 0 Å². The fourth-order valence-electron chi connectivity index (χ4n) is 2.67. The van der Waals surface area contributed by atoms with Crippen LogP contribution in [0.1, 0.15) is 32.6 Å². The Bertz CT molecular complexity index is 630. The lowest BCUT2D eigenvalue weighted by atomic mass is 10.00. The van der Waals surface area contributed by atoms with E-state index in [0.29, 0.717) is 30.9 Å². The molecule has 1 aromatic rings. The van der Waals surface area contributed by atoms with E-state index < -0.39 is 24.0 Å². The van der Waals surface area contributed by atoms with Gasteiger partial charge in [-0.25, -0.2) is 4.79 Å². The maximum Gasteiger partial charge on any atom is 0.344 e. The predicted octanol–water partition coefficient (Wildman–Crippen LogP) is 1.96. The van der Waals surface area contributed by atoms with Crippen molar-refractivity contribution >= 4 is 11.9 Å². The largest absolute Gasteiger partial charge is 0.494 e. The number of hydrogen-bond acceptors (Lipinski definition) is 6. The van der Waals surface area contributed by atoms with Crippen molar-refractivity contribution in [1.82, 2.24) is 5.32 Å². The molecule has 0 spiro atoms. The number of nitrogens with one attached hydrogen (secondary N) is 1. The van der Waals surface area contributed by atoms with Gasteiger partial charge in [0.2, 0.25) is 0 Å². The molecule has 0 bridgehead atoms. The quantitative estimate of drug-likeness (QED) is 0.723. The van der Waals surface area contributed by atoms with Gasteiger partial charge in [0.25, 0.3) is 5.91 Å². The van der Waals surface area contributed by atoms with Crippen molar-refractivity contribution in [3.8, 4) is 17.6 Å². The van der Waals surface area contributed by atoms with E-state index in [1.54, 1.807) is 24.3 Å². The van der Waals surface area contributed by atoms with Gasteiger partial charge in [-0.1, -0.05) is 0 Å². The van der Waals surface area contributed by atoms with E-state index in [1.807, 2.05) is 6.92 Å². The number of carbonyl (C=O) groups is 2. The lowest BCUT2D eigenvalue weighted by Gasteiger charge is -2.21. The standard InChI is InChI=1S/C18H22N2O5/c1-2-23-14-5-7-15(8-6-14)24-12-17(22)25-11-16(21)20-18(13-19)9-3-4-10-18/h5-8H,2-4,9-12H2,1H3,(H,20,21). The van der Waals surface area contributed by atoms with E-state index >= 15 is 0 Å². The molecule has 1 aliphatic carbocycles. The normalized spacial score (nSPS) is 15.0. The number of benzene rings is 1. The minimum Gasteiger partial charge on any atom is -0.494 e. The molecule has 1 amide bonds. The summed E-state index contributed by atoms with van der Waals surface area (Å²) in [5.41, 5.74) is -0.817. The molecule has 0 saturated heterocycles. The molecule has 0 heterocycles. The fraction of sp³-hybridized carbons (Fsp3) is 0.500. The number of esters is 1. The van der Waals surface area contributed by atoms with E-state index in [9.17, 15) is 14.9 Å². The first-order valence-electron chi connectivity index (χ1n) is 8.30. The molecule has 0 radical (unpaired) electrons. The number of carbonyl (C=O) groups excluding carboxylic acids is 2. The van der Waals surface area contributed by atoms with Crippen LogP contribution in [0.5, 0.6) is 11.5 Å². The van der Waals surface area contributed by atoms with Crippen LogP contribution in [0.3, 0.4) is 0 Å². The number of rotatable bonds is 8. The Labute approximate surface area is 146 Å². The smallest absolute Gasteiger partial charge is 0.344 e. The Morgan fingerprint density at radius 2 is 1.72 bits per heavy atom. The summed E-state index contributed by atoms with van der Waals surface area (Å²) in [4.78, 5) is 23.5. The predicted molar refractivity (Wildman–Crippen MR) is 89.0 cm³/mol. The monoisotopic (exact) mass is 346 g/mol. The minimum absolute atomic E-state index is 0.301. The molecule has 1 fully saturated rings. The highest BCUT2D eigenvalue weighted by molar-refractivity contribution is 5.81. The number of nitrogens with zero attached hydrogens (tertiary/aromatic N) is 1. The second-order valence-corrected chi connectivity index (χ2v) is 5.80. The molecule has 0 atom stereocenters. The van der Waals surface area contributed by atoms with Crippen molar-refractivity contribution in [2.24, 2.45) is 0 Å². The lowest BCUT2D eigenvalue weighted by Crippen LogP contribution is -2.46. The topological polar surface area (TPSA) is 97.7 Å². The summed E-state index contributed by atoms with van der Waals surface area (Å²) in [5, 5.41) is 11.9. The number of hydrogen-bond donors (Lipinski definition) is 1. The molecule has 25 heavy (non-hydrogen) atoms. The van der Waals surface area contributed by atoms with Crippen molar-refractivity contribution < 1.29 is 23.8 Å². The van der Waals surface area contributed by atoms with Gasteiger partial charge in [-0.05, 0) is 56.9 Å². The van der Waals surface area contributed by atoms with Crippen LogP contribution >= 0.6 is 0 Å². The zero-order valence-corrected chi connectivity index (χ0v) is 14.2. The zero-order valence-electron chi connectivity index (χ0n) is 14.2. The summed E-state index contributed by atoms with van der Waals surface area (Å²) in [6.07, 6.45) is 3.07. The maximum absolute atomic E-state index is 11.8. The van der Waals surface area contributed by atoms with Gasteiger partial charge in [0.15, 0.2) is 13.2 Å². The van der Waals surface area contributed by atoms with Gasteiger partial charge >= 0.3 is 5.97 Å². The highest BCUT2D eigenvalue weighted by atomic mass is 16.6. The van der Waals surface area contributed by atoms with E-state index in [-0.39, 0.29) is 6.61 Å². The molecule has 0 unspecified atom stereocenters. The second kappa shape index (κ2) is 8.92. The van der Waals surface area contributed by atoms with Crippen molar-refractivity contribution in [1.29, 1.82) is 5.26 Å². The van der Waals surface area contributed by atoms with Crippen LogP contribution < -0.4 is 14.8 Å². The molecule has 0 aromatic heterocycles. The van der Waals surface area contributed by atoms with Gasteiger partial charge < -0.3 is 19.5 Å². The SMILES string of the molecule is CCOc1ccc(OCC(=O)OCC(=O)NC2(C#N)CCCC2)cc1. The first kappa shape index (κ1) is 18.6. The second-order valence-electron chi connectivity index (χ2n) is 5.80. The molecule has 2 rings (SSSR count). The van der Waals surface area contributed by atoms with E-state index in [2.05, 4.69) is 11.4 Å². The van der Waals surface area contributed by atoms with E-state index in [0.717, 1.165) is 12.8 Å². The van der Waals surface area contributed by atoms with Crippen LogP contribution in [-0.4, -0.2) is 37.2 Å². The molecule has 0 aliphatic heterocycles. The third kappa shape index (κ3) is 5.68. The van der Waals surface area contributed by atoms with Gasteiger partial charge in [-0.3, -0.25) is 4.79 Å². The number of nitriles is 1. The lowest BCUT2D eigenvalue weighted by molar-refractivity contribution is -0.150. The zero-order chi connectivity index (χ0) is 18.1. The molecule has 7 heteroatoms. The maximum atomic E-state index is 11.8. The van der Waals surface area contributed by atoms with Crippen molar-refractivity contribution in [2.45, 2.75) is 38.1 Å². The Kier molecular flexibility index (Phi) is 6.63. The molecule has 1 N–H and O–H groups in total. The van der Waals surface area contributed by atoms with Crippen LogP contribution in [0.25, 0.3) is 0 Å². The van der Waals surface area contributed by atoms with Crippen molar-refractivity contribution in [3.05, 3.63) is 24.3 Å². The summed E-state index contributed by atoms with van der Waals surface area (Å²) < 4.78 is 15.5. The summed E-state index contributed by atoms with van der Waals surface area (Å²) in [6.45, 7) is 1.74. The third-order valence-electron chi connectivity index (χ3n) is 3.91. The highest BCUT2D eigenvalue weighted by Crippen LogP contribution is 2.28. The van der Waals surface area contributed by atoms with Crippen LogP contribution in [-0.2, 0) is 14.3 Å². The Morgan fingerprint density at radius 1 is 1.12 bits per heavy atom. The Balaban J connectivity index is 1.69. The minimum atomic E-state index is -0.817. The summed E-state index contributed by atoms with van der Waals surface area (Å²) >= 11 is 0. The van der Waals surface area contributed by atoms with Gasteiger partial charge in [0, 0.05) is 0 Å². The average molecular weight is 346 g/mol. The Morgan fingerprint density at radius 3 is 2.28 bits per heavy atom. The van der Waals surface area contributed by atoms with Gasteiger partial charge in [-0.2, -0.15) is 5.26 Å². The van der Waals surface area contributed by atoms with Gasteiger partial charge in [-0.15, -0.1) is 0 Å². The number of ether oxygens (including phenoxy) is 3. The third-order valence-corrected chi connectivity index (χ3v) is 3.91. The molecule has 7 nitrogen and oxygen atoms in total. The average Bonchev–Trinajstić information content (AvgIpc) is 3.08. The van der Waals surface area contributed by atoms with E-state index in [1.165, 1.54) is 0 Å². The van der Waals surface area contributed by atoms with Crippen molar-refractivity contribution in [2.75, 3.05) is 19.8 Å². The summed E-state index contributed by atoms with van der Waals surface area (Å²) in [6, 6.07) is 8.99. The Hall–Kier alpha value is -2.75. The number of amides is 1. The van der Waals surface area contributed by atoms with Crippen LogP contribution in [0.4, 0.5) is 0 Å². The molecule has 1 aliphatic rings. The molecular weight excluding hydrogens is 324 g/mol. The first-order valence-corrected chi connectivity index (χ1v) is 8.30. The molecule has 1 aromatic carbocycles. The first-order chi connectivity index (χ1) is 12.1. The van der Waals surface area contributed by atoms with E-state index in [4.69, 9.17) is 14.2 Å². The highest BCUT2D eigenvalue weighted by Gasteiger charge is 2.35. The van der Waals surface area contributed by atoms with Gasteiger partial charge in [0.05, 0.1) is 12.7 Å².